The van der Waals surface area contributed by atoms with Gasteiger partial charge in [0.2, 0.25) is 11.8 Å². The second kappa shape index (κ2) is 8.41. The highest BCUT2D eigenvalue weighted by Crippen LogP contribution is 2.38. The van der Waals surface area contributed by atoms with Crippen molar-refractivity contribution < 1.29 is 14.0 Å². The van der Waals surface area contributed by atoms with Gasteiger partial charge in [0.15, 0.2) is 0 Å². The number of amides is 2. The molecule has 4 nitrogen and oxygen atoms in total. The fraction of sp³-hybridized carbons (Fsp3) is 0.222. The second-order valence-electron chi connectivity index (χ2n) is 5.79. The molecule has 1 atom stereocenters. The molecule has 0 aliphatic carbocycles. The first-order valence-corrected chi connectivity index (χ1v) is 9.95. The molecule has 2 amide bonds. The summed E-state index contributed by atoms with van der Waals surface area (Å²) in [5, 5.41) is 5.65. The summed E-state index contributed by atoms with van der Waals surface area (Å²) in [4.78, 5) is 25.2. The van der Waals surface area contributed by atoms with Gasteiger partial charge in [-0.25, -0.2) is 4.39 Å². The summed E-state index contributed by atoms with van der Waals surface area (Å²) < 4.78 is 13.6. The van der Waals surface area contributed by atoms with Gasteiger partial charge in [-0.3, -0.25) is 9.59 Å². The summed E-state index contributed by atoms with van der Waals surface area (Å²) in [6.07, 6.45) is 0.668. The molecule has 0 saturated carbocycles. The number of halogens is 3. The summed E-state index contributed by atoms with van der Waals surface area (Å²) in [5.74, 6) is -0.724. The van der Waals surface area contributed by atoms with Gasteiger partial charge < -0.3 is 10.6 Å². The molecule has 1 unspecified atom stereocenters. The summed E-state index contributed by atoms with van der Waals surface area (Å²) >= 11 is 10.4. The average Bonchev–Trinajstić information content (AvgIpc) is 2.59. The number of hydrogen-bond donors (Lipinski definition) is 2. The monoisotopic (exact) mass is 456 g/mol. The van der Waals surface area contributed by atoms with Crippen molar-refractivity contribution in [3.05, 3.63) is 57.3 Å². The Morgan fingerprint density at radius 1 is 1.31 bits per heavy atom. The summed E-state index contributed by atoms with van der Waals surface area (Å²) in [5.41, 5.74) is 1.58. The average molecular weight is 458 g/mol. The van der Waals surface area contributed by atoms with Crippen LogP contribution in [0, 0.1) is 5.82 Å². The minimum Gasteiger partial charge on any atom is -0.356 e. The molecule has 1 aliphatic heterocycles. The van der Waals surface area contributed by atoms with Gasteiger partial charge in [0, 0.05) is 22.9 Å². The van der Waals surface area contributed by atoms with Crippen LogP contribution in [0.15, 0.2) is 45.8 Å². The van der Waals surface area contributed by atoms with Gasteiger partial charge in [-0.2, -0.15) is 0 Å². The van der Waals surface area contributed by atoms with E-state index in [1.165, 1.54) is 17.8 Å². The van der Waals surface area contributed by atoms with Gasteiger partial charge in [0.05, 0.1) is 15.4 Å². The lowest BCUT2D eigenvalue weighted by Crippen LogP contribution is -2.35. The van der Waals surface area contributed by atoms with Crippen molar-refractivity contribution in [2.24, 2.45) is 0 Å². The minimum atomic E-state index is -0.483. The molecule has 0 saturated heterocycles. The summed E-state index contributed by atoms with van der Waals surface area (Å²) in [6.45, 7) is 0.419. The molecule has 8 heteroatoms. The van der Waals surface area contributed by atoms with E-state index in [0.29, 0.717) is 28.1 Å². The highest BCUT2D eigenvalue weighted by molar-refractivity contribution is 9.10. The van der Waals surface area contributed by atoms with Gasteiger partial charge in [0.25, 0.3) is 0 Å². The Hall–Kier alpha value is -1.57. The Morgan fingerprint density at radius 2 is 2.12 bits per heavy atom. The lowest BCUT2D eigenvalue weighted by atomic mass is 10.1. The van der Waals surface area contributed by atoms with Crippen molar-refractivity contribution in [1.29, 1.82) is 0 Å². The van der Waals surface area contributed by atoms with Gasteiger partial charge in [0.1, 0.15) is 5.82 Å². The van der Waals surface area contributed by atoms with Crippen LogP contribution in [0.25, 0.3) is 0 Å². The SMILES string of the molecule is O=C(CC1Sc2ccc(Cl)cc2NC1=O)NCCc1ccc(F)c(Br)c1. The van der Waals surface area contributed by atoms with E-state index in [2.05, 4.69) is 26.6 Å². The Morgan fingerprint density at radius 3 is 2.88 bits per heavy atom. The van der Waals surface area contributed by atoms with Crippen LogP contribution in [0.1, 0.15) is 12.0 Å². The number of rotatable bonds is 5. The molecule has 1 heterocycles. The van der Waals surface area contributed by atoms with Crippen molar-refractivity contribution in [1.82, 2.24) is 5.32 Å². The van der Waals surface area contributed by atoms with E-state index >= 15 is 0 Å². The first-order chi connectivity index (χ1) is 12.4. The molecule has 0 aromatic heterocycles. The third-order valence-electron chi connectivity index (χ3n) is 3.85. The molecule has 2 aromatic rings. The molecule has 2 aromatic carbocycles. The van der Waals surface area contributed by atoms with Crippen LogP contribution in [-0.4, -0.2) is 23.6 Å². The van der Waals surface area contributed by atoms with E-state index in [0.717, 1.165) is 10.5 Å². The zero-order valence-corrected chi connectivity index (χ0v) is 16.7. The largest absolute Gasteiger partial charge is 0.356 e. The number of anilines is 1. The first-order valence-electron chi connectivity index (χ1n) is 7.90. The fourth-order valence-corrected chi connectivity index (χ4v) is 4.23. The number of benzene rings is 2. The highest BCUT2D eigenvalue weighted by atomic mass is 79.9. The van der Waals surface area contributed by atoms with E-state index in [-0.39, 0.29) is 24.1 Å². The van der Waals surface area contributed by atoms with Gasteiger partial charge in [-0.05, 0) is 58.2 Å². The number of carbonyl (C=O) groups is 2. The number of carbonyl (C=O) groups excluding carboxylic acids is 2. The van der Waals surface area contributed by atoms with E-state index < -0.39 is 5.25 Å². The molecule has 0 spiro atoms. The zero-order chi connectivity index (χ0) is 18.7. The standard InChI is InChI=1S/C18H15BrClFN2O2S/c19-12-7-10(1-3-13(12)21)5-6-22-17(24)9-16-18(25)23-14-8-11(20)2-4-15(14)26-16/h1-4,7-8,16H,5-6,9H2,(H,22,24)(H,23,25). The zero-order valence-electron chi connectivity index (χ0n) is 13.5. The van der Waals surface area contributed by atoms with Crippen molar-refractivity contribution in [3.63, 3.8) is 0 Å². The lowest BCUT2D eigenvalue weighted by Gasteiger charge is -2.23. The van der Waals surface area contributed by atoms with E-state index in [9.17, 15) is 14.0 Å². The Labute approximate surface area is 168 Å². The highest BCUT2D eigenvalue weighted by Gasteiger charge is 2.29. The maximum atomic E-state index is 13.2. The lowest BCUT2D eigenvalue weighted by molar-refractivity contribution is -0.124. The van der Waals surface area contributed by atoms with E-state index in [4.69, 9.17) is 11.6 Å². The van der Waals surface area contributed by atoms with Gasteiger partial charge >= 0.3 is 0 Å². The molecule has 3 rings (SSSR count). The molecule has 0 fully saturated rings. The molecule has 1 aliphatic rings. The first kappa shape index (κ1) is 19.2. The molecule has 136 valence electrons. The molecule has 26 heavy (non-hydrogen) atoms. The van der Waals surface area contributed by atoms with Crippen LogP contribution in [0.5, 0.6) is 0 Å². The molecule has 2 N–H and O–H groups in total. The van der Waals surface area contributed by atoms with E-state index in [1.54, 1.807) is 24.3 Å². The van der Waals surface area contributed by atoms with Crippen LogP contribution in [0.3, 0.4) is 0 Å². The molecular weight excluding hydrogens is 443 g/mol. The molecule has 0 bridgehead atoms. The molecule has 0 radical (unpaired) electrons. The maximum Gasteiger partial charge on any atom is 0.238 e. The summed E-state index contributed by atoms with van der Waals surface area (Å²) in [6, 6.07) is 10.0. The number of hydrogen-bond acceptors (Lipinski definition) is 3. The van der Waals surface area contributed by atoms with Crippen molar-refractivity contribution in [2.75, 3.05) is 11.9 Å². The Bertz CT molecular complexity index is 865. The number of nitrogens with one attached hydrogen (secondary N) is 2. The normalized spacial score (nSPS) is 16.0. The fourth-order valence-electron chi connectivity index (χ4n) is 2.54. The third kappa shape index (κ3) is 4.78. The van der Waals surface area contributed by atoms with Gasteiger partial charge in [-0.15, -0.1) is 11.8 Å². The van der Waals surface area contributed by atoms with Crippen LogP contribution in [-0.2, 0) is 16.0 Å². The van der Waals surface area contributed by atoms with E-state index in [1.807, 2.05) is 6.07 Å². The Balaban J connectivity index is 1.51. The van der Waals surface area contributed by atoms with Gasteiger partial charge in [-0.1, -0.05) is 17.7 Å². The predicted molar refractivity (Wildman–Crippen MR) is 105 cm³/mol. The topological polar surface area (TPSA) is 58.2 Å². The predicted octanol–water partition coefficient (Wildman–Crippen LogP) is 4.40. The smallest absolute Gasteiger partial charge is 0.238 e. The quantitative estimate of drug-likeness (QED) is 0.699. The van der Waals surface area contributed by atoms with Crippen molar-refractivity contribution >= 4 is 56.8 Å². The number of fused-ring (bicyclic) bond motifs is 1. The third-order valence-corrected chi connectivity index (χ3v) is 5.97. The number of thioether (sulfide) groups is 1. The maximum absolute atomic E-state index is 13.2. The van der Waals surface area contributed by atoms with Crippen LogP contribution in [0.2, 0.25) is 5.02 Å². The second-order valence-corrected chi connectivity index (χ2v) is 8.32. The van der Waals surface area contributed by atoms with Crippen LogP contribution in [0.4, 0.5) is 10.1 Å². The van der Waals surface area contributed by atoms with Crippen molar-refractivity contribution in [3.8, 4) is 0 Å². The van der Waals surface area contributed by atoms with Crippen molar-refractivity contribution in [2.45, 2.75) is 23.0 Å². The van der Waals surface area contributed by atoms with Crippen LogP contribution >= 0.6 is 39.3 Å². The minimum absolute atomic E-state index is 0.0890. The molecular formula is C18H15BrClFN2O2S. The van der Waals surface area contributed by atoms with Crippen LogP contribution < -0.4 is 10.6 Å². The Kier molecular flexibility index (Phi) is 6.21. The summed E-state index contributed by atoms with van der Waals surface area (Å²) in [7, 11) is 0.